The third kappa shape index (κ3) is 2.95. The first-order valence-corrected chi connectivity index (χ1v) is 5.83. The highest BCUT2D eigenvalue weighted by atomic mass is 19.1. The lowest BCUT2D eigenvalue weighted by atomic mass is 10.1. The molecule has 3 heteroatoms. The van der Waals surface area contributed by atoms with Gasteiger partial charge in [0.05, 0.1) is 5.69 Å². The van der Waals surface area contributed by atoms with E-state index in [4.69, 9.17) is 5.73 Å². The number of nitrogens with two attached hydrogens (primary N) is 1. The van der Waals surface area contributed by atoms with Gasteiger partial charge in [-0.1, -0.05) is 26.0 Å². The Bertz CT molecular complexity index is 335. The second-order valence-corrected chi connectivity index (χ2v) is 4.21. The van der Waals surface area contributed by atoms with E-state index in [1.165, 1.54) is 0 Å². The van der Waals surface area contributed by atoms with Crippen molar-refractivity contribution in [2.45, 2.75) is 39.3 Å². The van der Waals surface area contributed by atoms with Crippen LogP contribution in [0.5, 0.6) is 0 Å². The van der Waals surface area contributed by atoms with Gasteiger partial charge in [-0.05, 0) is 26.0 Å². The molecule has 0 aliphatic rings. The minimum absolute atomic E-state index is 0.232. The fourth-order valence-corrected chi connectivity index (χ4v) is 2.03. The van der Waals surface area contributed by atoms with Gasteiger partial charge in [0.25, 0.3) is 0 Å². The number of rotatable bonds is 5. The number of hydrogen-bond acceptors (Lipinski definition) is 2. The van der Waals surface area contributed by atoms with Crippen LogP contribution in [0.3, 0.4) is 0 Å². The first-order chi connectivity index (χ1) is 7.60. The number of nitrogens with zero attached hydrogens (tertiary/aromatic N) is 1. The third-order valence-corrected chi connectivity index (χ3v) is 3.09. The molecule has 0 atom stereocenters. The van der Waals surface area contributed by atoms with Crippen molar-refractivity contribution in [1.82, 2.24) is 4.90 Å². The Kier molecular flexibility index (Phi) is 4.74. The standard InChI is InChI=1S/C13H21FN2/c1-4-11(5-2)16(3)9-10-7-6-8-12(15)13(10)14/h6-8,11H,4-5,9,15H2,1-3H3. The van der Waals surface area contributed by atoms with Gasteiger partial charge in [-0.15, -0.1) is 0 Å². The van der Waals surface area contributed by atoms with Crippen LogP contribution in [-0.2, 0) is 6.54 Å². The molecule has 0 amide bonds. The lowest BCUT2D eigenvalue weighted by molar-refractivity contribution is 0.219. The summed E-state index contributed by atoms with van der Waals surface area (Å²) in [6, 6.07) is 5.69. The lowest BCUT2D eigenvalue weighted by Crippen LogP contribution is -2.30. The first-order valence-electron chi connectivity index (χ1n) is 5.83. The minimum Gasteiger partial charge on any atom is -0.396 e. The van der Waals surface area contributed by atoms with Crippen LogP contribution >= 0.6 is 0 Å². The predicted molar refractivity (Wildman–Crippen MR) is 66.6 cm³/mol. The maximum atomic E-state index is 13.7. The molecule has 90 valence electrons. The monoisotopic (exact) mass is 224 g/mol. The Hall–Kier alpha value is -1.09. The molecule has 0 aromatic heterocycles. The lowest BCUT2D eigenvalue weighted by Gasteiger charge is -2.26. The van der Waals surface area contributed by atoms with Gasteiger partial charge in [0.1, 0.15) is 0 Å². The molecule has 0 radical (unpaired) electrons. The van der Waals surface area contributed by atoms with Crippen LogP contribution in [0.2, 0.25) is 0 Å². The average Bonchev–Trinajstić information content (AvgIpc) is 2.26. The van der Waals surface area contributed by atoms with Crippen LogP contribution < -0.4 is 5.73 Å². The molecular formula is C13H21FN2. The zero-order valence-corrected chi connectivity index (χ0v) is 10.3. The van der Waals surface area contributed by atoms with Crippen LogP contribution in [0.15, 0.2) is 18.2 Å². The van der Waals surface area contributed by atoms with E-state index in [-0.39, 0.29) is 11.5 Å². The summed E-state index contributed by atoms with van der Waals surface area (Å²) in [6.07, 6.45) is 2.16. The van der Waals surface area contributed by atoms with Gasteiger partial charge >= 0.3 is 0 Å². The molecule has 0 spiro atoms. The SMILES string of the molecule is CCC(CC)N(C)Cc1cccc(N)c1F. The molecule has 0 heterocycles. The summed E-state index contributed by atoms with van der Waals surface area (Å²) in [5.41, 5.74) is 6.45. The summed E-state index contributed by atoms with van der Waals surface area (Å²) >= 11 is 0. The number of anilines is 1. The highest BCUT2D eigenvalue weighted by molar-refractivity contribution is 5.42. The van der Waals surface area contributed by atoms with Crippen molar-refractivity contribution >= 4 is 5.69 Å². The van der Waals surface area contributed by atoms with E-state index in [9.17, 15) is 4.39 Å². The topological polar surface area (TPSA) is 29.3 Å². The molecule has 0 aliphatic carbocycles. The maximum Gasteiger partial charge on any atom is 0.150 e. The number of benzene rings is 1. The average molecular weight is 224 g/mol. The van der Waals surface area contributed by atoms with Crippen molar-refractivity contribution in [3.05, 3.63) is 29.6 Å². The van der Waals surface area contributed by atoms with E-state index in [0.717, 1.165) is 12.8 Å². The van der Waals surface area contributed by atoms with E-state index in [1.807, 2.05) is 7.05 Å². The number of hydrogen-bond donors (Lipinski definition) is 1. The third-order valence-electron chi connectivity index (χ3n) is 3.09. The van der Waals surface area contributed by atoms with Crippen LogP contribution in [-0.4, -0.2) is 18.0 Å². The van der Waals surface area contributed by atoms with Crippen LogP contribution in [0.1, 0.15) is 32.3 Å². The molecule has 2 nitrogen and oxygen atoms in total. The quantitative estimate of drug-likeness (QED) is 0.779. The first kappa shape index (κ1) is 13.0. The number of halogens is 1. The number of nitrogen functional groups attached to an aromatic ring is 1. The van der Waals surface area contributed by atoms with Crippen molar-refractivity contribution in [3.63, 3.8) is 0 Å². The Labute approximate surface area is 97.3 Å². The molecule has 0 aliphatic heterocycles. The molecule has 1 rings (SSSR count). The second kappa shape index (κ2) is 5.85. The van der Waals surface area contributed by atoms with Gasteiger partial charge in [0.2, 0.25) is 0 Å². The van der Waals surface area contributed by atoms with Gasteiger partial charge in [0, 0.05) is 18.2 Å². The maximum absolute atomic E-state index is 13.7. The molecule has 0 saturated heterocycles. The minimum atomic E-state index is -0.277. The molecular weight excluding hydrogens is 203 g/mol. The summed E-state index contributed by atoms with van der Waals surface area (Å²) in [4.78, 5) is 2.18. The molecule has 2 N–H and O–H groups in total. The molecule has 0 fully saturated rings. The fourth-order valence-electron chi connectivity index (χ4n) is 2.03. The largest absolute Gasteiger partial charge is 0.396 e. The summed E-state index contributed by atoms with van der Waals surface area (Å²) < 4.78 is 13.7. The van der Waals surface area contributed by atoms with Crippen LogP contribution in [0.25, 0.3) is 0 Å². The summed E-state index contributed by atoms with van der Waals surface area (Å²) in [6.45, 7) is 4.92. The highest BCUT2D eigenvalue weighted by Gasteiger charge is 2.13. The van der Waals surface area contributed by atoms with Gasteiger partial charge < -0.3 is 5.73 Å². The smallest absolute Gasteiger partial charge is 0.150 e. The zero-order valence-electron chi connectivity index (χ0n) is 10.3. The van der Waals surface area contributed by atoms with E-state index in [1.54, 1.807) is 18.2 Å². The van der Waals surface area contributed by atoms with E-state index >= 15 is 0 Å². The summed E-state index contributed by atoms with van der Waals surface area (Å²) in [7, 11) is 2.03. The van der Waals surface area contributed by atoms with Gasteiger partial charge in [0.15, 0.2) is 5.82 Å². The fraction of sp³-hybridized carbons (Fsp3) is 0.538. The summed E-state index contributed by atoms with van der Waals surface area (Å²) in [5, 5.41) is 0. The van der Waals surface area contributed by atoms with Crippen LogP contribution in [0, 0.1) is 5.82 Å². The van der Waals surface area contributed by atoms with Gasteiger partial charge in [-0.3, -0.25) is 4.90 Å². The van der Waals surface area contributed by atoms with E-state index in [2.05, 4.69) is 18.7 Å². The van der Waals surface area contributed by atoms with Crippen LogP contribution in [0.4, 0.5) is 10.1 Å². The van der Waals surface area contributed by atoms with Crippen molar-refractivity contribution in [2.24, 2.45) is 0 Å². The van der Waals surface area contributed by atoms with Gasteiger partial charge in [-0.2, -0.15) is 0 Å². The van der Waals surface area contributed by atoms with E-state index < -0.39 is 0 Å². The Morgan fingerprint density at radius 3 is 2.50 bits per heavy atom. The molecule has 1 aromatic carbocycles. The van der Waals surface area contributed by atoms with Crippen molar-refractivity contribution in [1.29, 1.82) is 0 Å². The Morgan fingerprint density at radius 2 is 1.94 bits per heavy atom. The van der Waals surface area contributed by atoms with E-state index in [0.29, 0.717) is 18.2 Å². The summed E-state index contributed by atoms with van der Waals surface area (Å²) in [5.74, 6) is -0.277. The molecule has 0 saturated carbocycles. The molecule has 1 aromatic rings. The second-order valence-electron chi connectivity index (χ2n) is 4.21. The van der Waals surface area contributed by atoms with Crippen molar-refractivity contribution < 1.29 is 4.39 Å². The Balaban J connectivity index is 2.76. The van der Waals surface area contributed by atoms with Crippen molar-refractivity contribution in [2.75, 3.05) is 12.8 Å². The Morgan fingerprint density at radius 1 is 1.31 bits per heavy atom. The van der Waals surface area contributed by atoms with Crippen molar-refractivity contribution in [3.8, 4) is 0 Å². The highest BCUT2D eigenvalue weighted by Crippen LogP contribution is 2.18. The zero-order chi connectivity index (χ0) is 12.1. The predicted octanol–water partition coefficient (Wildman–Crippen LogP) is 3.03. The molecule has 0 bridgehead atoms. The van der Waals surface area contributed by atoms with Gasteiger partial charge in [-0.25, -0.2) is 4.39 Å². The molecule has 0 unspecified atom stereocenters. The molecule has 16 heavy (non-hydrogen) atoms. The normalized spacial score (nSPS) is 11.4.